The minimum atomic E-state index is -0.844. The van der Waals surface area contributed by atoms with Gasteiger partial charge in [-0.25, -0.2) is 14.6 Å². The maximum absolute atomic E-state index is 14.3. The van der Waals surface area contributed by atoms with E-state index in [0.717, 1.165) is 22.6 Å². The average Bonchev–Trinajstić information content (AvgIpc) is 3.52. The molecule has 2 aromatic heterocycles. The molecule has 1 atom stereocenters. The van der Waals surface area contributed by atoms with Crippen LogP contribution in [0.3, 0.4) is 0 Å². The molecule has 2 aromatic carbocycles. The Morgan fingerprint density at radius 1 is 0.979 bits per heavy atom. The van der Waals surface area contributed by atoms with E-state index in [1.807, 2.05) is 26.8 Å². The van der Waals surface area contributed by atoms with Gasteiger partial charge in [-0.15, -0.1) is 0 Å². The van der Waals surface area contributed by atoms with E-state index >= 15 is 0 Å². The molecule has 0 bridgehead atoms. The SMILES string of the molecule is CCOC(=O)C1=C(C)N=c2s/c(=C\c3cc(C)n(-c4ccc(C(C)C)cc4)c3C)c(=O)n2[C@@H]1c1ccc(OCC(=O)OC)c(OCC)c1. The van der Waals surface area contributed by atoms with Gasteiger partial charge >= 0.3 is 11.9 Å². The van der Waals surface area contributed by atoms with Crippen molar-refractivity contribution in [2.45, 2.75) is 60.4 Å². The summed E-state index contributed by atoms with van der Waals surface area (Å²) in [5.74, 6) is 0.0161. The molecule has 252 valence electrons. The first kappa shape index (κ1) is 34.4. The van der Waals surface area contributed by atoms with Gasteiger partial charge in [0.05, 0.1) is 42.2 Å². The molecule has 0 aliphatic carbocycles. The Morgan fingerprint density at radius 3 is 2.35 bits per heavy atom. The first-order chi connectivity index (χ1) is 23.0. The van der Waals surface area contributed by atoms with E-state index in [2.05, 4.69) is 48.7 Å². The first-order valence-electron chi connectivity index (χ1n) is 15.9. The number of esters is 2. The monoisotopic (exact) mass is 671 g/mol. The summed E-state index contributed by atoms with van der Waals surface area (Å²) in [7, 11) is 1.28. The van der Waals surface area contributed by atoms with E-state index in [1.165, 1.54) is 24.0 Å². The van der Waals surface area contributed by atoms with Gasteiger partial charge in [0.15, 0.2) is 22.9 Å². The van der Waals surface area contributed by atoms with Crippen LogP contribution in [-0.2, 0) is 19.1 Å². The number of allylic oxidation sites excluding steroid dienone is 1. The van der Waals surface area contributed by atoms with Crippen LogP contribution in [0, 0.1) is 13.8 Å². The predicted molar refractivity (Wildman–Crippen MR) is 185 cm³/mol. The third kappa shape index (κ3) is 6.73. The van der Waals surface area contributed by atoms with Crippen LogP contribution >= 0.6 is 11.3 Å². The van der Waals surface area contributed by atoms with Crippen molar-refractivity contribution in [1.29, 1.82) is 0 Å². The van der Waals surface area contributed by atoms with Crippen molar-refractivity contribution >= 4 is 29.4 Å². The number of fused-ring (bicyclic) bond motifs is 1. The highest BCUT2D eigenvalue weighted by Crippen LogP contribution is 2.36. The number of methoxy groups -OCH3 is 1. The van der Waals surface area contributed by atoms with Crippen molar-refractivity contribution in [3.05, 3.63) is 108 Å². The Labute approximate surface area is 283 Å². The van der Waals surface area contributed by atoms with Crippen molar-refractivity contribution in [3.63, 3.8) is 0 Å². The first-order valence-corrected chi connectivity index (χ1v) is 16.8. The van der Waals surface area contributed by atoms with Gasteiger partial charge in [0, 0.05) is 17.1 Å². The van der Waals surface area contributed by atoms with Crippen molar-refractivity contribution in [3.8, 4) is 17.2 Å². The van der Waals surface area contributed by atoms with Crippen molar-refractivity contribution in [2.75, 3.05) is 26.9 Å². The largest absolute Gasteiger partial charge is 0.490 e. The molecule has 0 radical (unpaired) electrons. The summed E-state index contributed by atoms with van der Waals surface area (Å²) in [5.41, 5.74) is 6.29. The van der Waals surface area contributed by atoms with Crippen LogP contribution in [0.25, 0.3) is 11.8 Å². The number of benzene rings is 2. The summed E-state index contributed by atoms with van der Waals surface area (Å²) in [5, 5.41) is 0. The van der Waals surface area contributed by atoms with E-state index in [4.69, 9.17) is 23.9 Å². The Kier molecular flexibility index (Phi) is 10.4. The topological polar surface area (TPSA) is 110 Å². The van der Waals surface area contributed by atoms with Crippen LogP contribution < -0.4 is 24.4 Å². The predicted octanol–water partition coefficient (Wildman–Crippen LogP) is 5.28. The quantitative estimate of drug-likeness (QED) is 0.200. The van der Waals surface area contributed by atoms with E-state index < -0.39 is 18.0 Å². The fraction of sp³-hybridized carbons (Fsp3) is 0.351. The second-order valence-electron chi connectivity index (χ2n) is 11.7. The lowest BCUT2D eigenvalue weighted by atomic mass is 9.95. The van der Waals surface area contributed by atoms with Gasteiger partial charge in [0.2, 0.25) is 0 Å². The van der Waals surface area contributed by atoms with Crippen molar-refractivity contribution < 1.29 is 28.5 Å². The minimum Gasteiger partial charge on any atom is -0.490 e. The number of rotatable bonds is 11. The molecule has 0 spiro atoms. The van der Waals surface area contributed by atoms with Crippen LogP contribution in [0.5, 0.6) is 11.5 Å². The third-order valence-electron chi connectivity index (χ3n) is 8.25. The Hall–Kier alpha value is -4.90. The van der Waals surface area contributed by atoms with E-state index in [0.29, 0.717) is 44.6 Å². The van der Waals surface area contributed by atoms with Gasteiger partial charge in [-0.2, -0.15) is 0 Å². The Morgan fingerprint density at radius 2 is 1.71 bits per heavy atom. The standard InChI is InChI=1S/C37H41N3O7S/c1-9-45-30-18-26(13-16-29(30)47-20-32(41)44-8)34-33(36(43)46-10-2)23(6)38-37-40(34)35(42)31(48-37)19-27-17-22(5)39(24(27)7)28-14-11-25(12-15-28)21(3)4/h11-19,21,34H,9-10,20H2,1-8H3/b31-19-/t34-/m1/s1. The van der Waals surface area contributed by atoms with E-state index in [1.54, 1.807) is 36.6 Å². The molecule has 10 nitrogen and oxygen atoms in total. The summed E-state index contributed by atoms with van der Waals surface area (Å²) in [6, 6.07) is 14.9. The molecule has 48 heavy (non-hydrogen) atoms. The maximum atomic E-state index is 14.3. The number of aromatic nitrogens is 2. The highest BCUT2D eigenvalue weighted by Gasteiger charge is 2.34. The summed E-state index contributed by atoms with van der Waals surface area (Å²) in [6.45, 7) is 13.9. The highest BCUT2D eigenvalue weighted by molar-refractivity contribution is 7.07. The fourth-order valence-corrected chi connectivity index (χ4v) is 6.90. The van der Waals surface area contributed by atoms with Crippen LogP contribution in [0.2, 0.25) is 0 Å². The molecule has 5 rings (SSSR count). The number of hydrogen-bond acceptors (Lipinski definition) is 9. The van der Waals surface area contributed by atoms with Crippen molar-refractivity contribution in [1.82, 2.24) is 9.13 Å². The average molecular weight is 672 g/mol. The molecule has 0 N–H and O–H groups in total. The molecule has 0 fully saturated rings. The zero-order chi connectivity index (χ0) is 34.7. The second kappa shape index (κ2) is 14.5. The molecule has 0 amide bonds. The molecule has 1 aliphatic rings. The lowest BCUT2D eigenvalue weighted by Crippen LogP contribution is -2.40. The fourth-order valence-electron chi connectivity index (χ4n) is 5.87. The molecule has 3 heterocycles. The van der Waals surface area contributed by atoms with E-state index in [9.17, 15) is 14.4 Å². The van der Waals surface area contributed by atoms with Crippen LogP contribution in [-0.4, -0.2) is 48.0 Å². The number of nitrogens with zero attached hydrogens (tertiary/aromatic N) is 3. The van der Waals surface area contributed by atoms with Gasteiger partial charge in [-0.05, 0) is 93.6 Å². The van der Waals surface area contributed by atoms with Crippen LogP contribution in [0.1, 0.15) is 74.7 Å². The lowest BCUT2D eigenvalue weighted by Gasteiger charge is -2.25. The number of aryl methyl sites for hydroxylation is 1. The number of ether oxygens (including phenoxy) is 4. The molecule has 4 aromatic rings. The Bertz CT molecular complexity index is 2070. The van der Waals surface area contributed by atoms with Gasteiger partial charge in [0.25, 0.3) is 5.56 Å². The maximum Gasteiger partial charge on any atom is 0.343 e. The Balaban J connectivity index is 1.64. The molecule has 0 saturated carbocycles. The van der Waals surface area contributed by atoms with Gasteiger partial charge in [0.1, 0.15) is 0 Å². The zero-order valence-electron chi connectivity index (χ0n) is 28.6. The molecular formula is C37H41N3O7S. The van der Waals surface area contributed by atoms with Gasteiger partial charge < -0.3 is 23.5 Å². The smallest absolute Gasteiger partial charge is 0.343 e. The number of carbonyl (C=O) groups excluding carboxylic acids is 2. The summed E-state index contributed by atoms with van der Waals surface area (Å²) >= 11 is 1.27. The number of carbonyl (C=O) groups is 2. The summed E-state index contributed by atoms with van der Waals surface area (Å²) < 4.78 is 25.9. The molecule has 0 unspecified atom stereocenters. The molecule has 0 saturated heterocycles. The van der Waals surface area contributed by atoms with Crippen LogP contribution in [0.15, 0.2) is 69.6 Å². The van der Waals surface area contributed by atoms with Crippen LogP contribution in [0.4, 0.5) is 0 Å². The van der Waals surface area contributed by atoms with Gasteiger partial charge in [-0.3, -0.25) is 9.36 Å². The summed E-state index contributed by atoms with van der Waals surface area (Å²) in [4.78, 5) is 44.6. The number of hydrogen-bond donors (Lipinski definition) is 0. The minimum absolute atomic E-state index is 0.160. The lowest BCUT2D eigenvalue weighted by molar-refractivity contribution is -0.143. The molecule has 11 heteroatoms. The van der Waals surface area contributed by atoms with E-state index in [-0.39, 0.29) is 24.3 Å². The summed E-state index contributed by atoms with van der Waals surface area (Å²) in [6.07, 6.45) is 1.89. The second-order valence-corrected chi connectivity index (χ2v) is 12.7. The molecular weight excluding hydrogens is 630 g/mol. The normalized spacial score (nSPS) is 14.5. The number of thiazole rings is 1. The highest BCUT2D eigenvalue weighted by atomic mass is 32.1. The van der Waals surface area contributed by atoms with Gasteiger partial charge in [-0.1, -0.05) is 43.4 Å². The molecule has 1 aliphatic heterocycles. The third-order valence-corrected chi connectivity index (χ3v) is 9.23. The zero-order valence-corrected chi connectivity index (χ0v) is 29.4. The van der Waals surface area contributed by atoms with Crippen molar-refractivity contribution in [2.24, 2.45) is 4.99 Å².